The van der Waals surface area contributed by atoms with Crippen molar-refractivity contribution in [2.75, 3.05) is 27.4 Å². The van der Waals surface area contributed by atoms with Gasteiger partial charge in [0.2, 0.25) is 0 Å². The maximum atomic E-state index is 11.9. The molecule has 2 atom stereocenters. The molecule has 1 N–H and O–H groups in total. The number of benzene rings is 1. The van der Waals surface area contributed by atoms with Gasteiger partial charge in [0.05, 0.1) is 42.5 Å². The summed E-state index contributed by atoms with van der Waals surface area (Å²) in [7, 11) is 3.15. The van der Waals surface area contributed by atoms with Crippen molar-refractivity contribution >= 4 is 23.0 Å². The SMILES string of the molecule is COCCN1C(=S)NC(c2ccccn2)C1c1cc(C)n(-c2ccc(OC)cc2[N+](=O)[O-])c1C. The summed E-state index contributed by atoms with van der Waals surface area (Å²) in [6, 6.07) is 12.4. The van der Waals surface area contributed by atoms with Gasteiger partial charge in [-0.1, -0.05) is 6.07 Å². The highest BCUT2D eigenvalue weighted by Gasteiger charge is 2.41. The summed E-state index contributed by atoms with van der Waals surface area (Å²) < 4.78 is 12.5. The molecule has 34 heavy (non-hydrogen) atoms. The quantitative estimate of drug-likeness (QED) is 0.293. The Hall–Kier alpha value is -3.50. The Balaban J connectivity index is 1.86. The van der Waals surface area contributed by atoms with E-state index in [1.807, 2.05) is 36.6 Å². The van der Waals surface area contributed by atoms with Gasteiger partial charge in [-0.2, -0.15) is 0 Å². The Morgan fingerprint density at radius 2 is 2.00 bits per heavy atom. The average molecular weight is 482 g/mol. The molecule has 0 amide bonds. The normalized spacial score (nSPS) is 17.6. The van der Waals surface area contributed by atoms with Crippen molar-refractivity contribution in [3.63, 3.8) is 0 Å². The van der Waals surface area contributed by atoms with Gasteiger partial charge in [0.25, 0.3) is 5.69 Å². The summed E-state index contributed by atoms with van der Waals surface area (Å²) in [4.78, 5) is 18.2. The molecule has 1 fully saturated rings. The minimum absolute atomic E-state index is 0.0229. The minimum Gasteiger partial charge on any atom is -0.496 e. The molecule has 0 saturated carbocycles. The molecule has 0 aliphatic carbocycles. The number of aromatic nitrogens is 2. The highest BCUT2D eigenvalue weighted by atomic mass is 32.1. The molecule has 9 nitrogen and oxygen atoms in total. The lowest BCUT2D eigenvalue weighted by molar-refractivity contribution is -0.384. The summed E-state index contributed by atoms with van der Waals surface area (Å²) in [5.41, 5.74) is 4.12. The van der Waals surface area contributed by atoms with Gasteiger partial charge >= 0.3 is 0 Å². The first-order valence-corrected chi connectivity index (χ1v) is 11.3. The third kappa shape index (κ3) is 4.22. The number of nitro groups is 1. The van der Waals surface area contributed by atoms with Crippen LogP contribution in [0.2, 0.25) is 0 Å². The molecule has 3 aromatic rings. The fourth-order valence-electron chi connectivity index (χ4n) is 4.60. The Bertz CT molecular complexity index is 1210. The Kier molecular flexibility index (Phi) is 6.80. The van der Waals surface area contributed by atoms with Crippen molar-refractivity contribution in [1.82, 2.24) is 19.8 Å². The number of nitrogens with one attached hydrogen (secondary N) is 1. The van der Waals surface area contributed by atoms with Crippen LogP contribution in [0.25, 0.3) is 5.69 Å². The molecule has 10 heteroatoms. The van der Waals surface area contributed by atoms with Crippen molar-refractivity contribution < 1.29 is 14.4 Å². The molecular formula is C24H27N5O4S. The molecule has 2 unspecified atom stereocenters. The van der Waals surface area contributed by atoms with Crippen LogP contribution in [0.4, 0.5) is 5.69 Å². The van der Waals surface area contributed by atoms with Gasteiger partial charge in [-0.3, -0.25) is 15.1 Å². The molecule has 1 aliphatic heterocycles. The topological polar surface area (TPSA) is 94.7 Å². The van der Waals surface area contributed by atoms with Gasteiger partial charge in [0.15, 0.2) is 5.11 Å². The Morgan fingerprint density at radius 3 is 2.65 bits per heavy atom. The van der Waals surface area contributed by atoms with Gasteiger partial charge in [-0.05, 0) is 62.0 Å². The van der Waals surface area contributed by atoms with Crippen molar-refractivity contribution in [1.29, 1.82) is 0 Å². The number of pyridine rings is 1. The second-order valence-electron chi connectivity index (χ2n) is 8.09. The van der Waals surface area contributed by atoms with Gasteiger partial charge < -0.3 is 24.3 Å². The van der Waals surface area contributed by atoms with Gasteiger partial charge in [-0.15, -0.1) is 0 Å². The lowest BCUT2D eigenvalue weighted by Gasteiger charge is -2.28. The number of nitrogens with zero attached hydrogens (tertiary/aromatic N) is 4. The van der Waals surface area contributed by atoms with Crippen LogP contribution in [-0.2, 0) is 4.74 Å². The summed E-state index contributed by atoms with van der Waals surface area (Å²) in [5.74, 6) is 0.435. The molecule has 3 heterocycles. The monoisotopic (exact) mass is 481 g/mol. The first-order chi connectivity index (χ1) is 16.4. The molecule has 0 radical (unpaired) electrons. The number of hydrogen-bond acceptors (Lipinski definition) is 6. The minimum atomic E-state index is -0.385. The zero-order valence-corrected chi connectivity index (χ0v) is 20.3. The lowest BCUT2D eigenvalue weighted by atomic mass is 9.97. The molecule has 1 aromatic carbocycles. The zero-order chi connectivity index (χ0) is 24.4. The number of hydrogen-bond donors (Lipinski definition) is 1. The molecule has 2 aromatic heterocycles. The van der Waals surface area contributed by atoms with Gasteiger partial charge in [0.1, 0.15) is 11.4 Å². The third-order valence-corrected chi connectivity index (χ3v) is 6.50. The maximum absolute atomic E-state index is 11.9. The van der Waals surface area contributed by atoms with Crippen molar-refractivity contribution in [3.05, 3.63) is 81.4 Å². The van der Waals surface area contributed by atoms with E-state index in [2.05, 4.69) is 21.3 Å². The third-order valence-electron chi connectivity index (χ3n) is 6.14. The van der Waals surface area contributed by atoms with E-state index >= 15 is 0 Å². The first-order valence-electron chi connectivity index (χ1n) is 10.9. The number of nitro benzene ring substituents is 1. The number of rotatable bonds is 8. The molecule has 0 bridgehead atoms. The van der Waals surface area contributed by atoms with Gasteiger partial charge in [0, 0.05) is 31.2 Å². The van der Waals surface area contributed by atoms with Crippen molar-refractivity contribution in [3.8, 4) is 11.4 Å². The fraction of sp³-hybridized carbons (Fsp3) is 0.333. The molecule has 1 saturated heterocycles. The molecular weight excluding hydrogens is 454 g/mol. The molecule has 178 valence electrons. The number of ether oxygens (including phenoxy) is 2. The van der Waals surface area contributed by atoms with Crippen LogP contribution >= 0.6 is 12.2 Å². The highest BCUT2D eigenvalue weighted by molar-refractivity contribution is 7.80. The first kappa shape index (κ1) is 23.7. The van der Waals surface area contributed by atoms with E-state index in [1.54, 1.807) is 25.4 Å². The van der Waals surface area contributed by atoms with E-state index in [0.717, 1.165) is 22.6 Å². The number of aryl methyl sites for hydroxylation is 1. The Morgan fingerprint density at radius 1 is 1.21 bits per heavy atom. The summed E-state index contributed by atoms with van der Waals surface area (Å²) >= 11 is 5.69. The molecule has 1 aliphatic rings. The van der Waals surface area contributed by atoms with Crippen molar-refractivity contribution in [2.24, 2.45) is 0 Å². The van der Waals surface area contributed by atoms with E-state index in [-0.39, 0.29) is 22.7 Å². The van der Waals surface area contributed by atoms with Gasteiger partial charge in [-0.25, -0.2) is 0 Å². The summed E-state index contributed by atoms with van der Waals surface area (Å²) in [6.07, 6.45) is 1.76. The second-order valence-corrected chi connectivity index (χ2v) is 8.47. The van der Waals surface area contributed by atoms with Crippen molar-refractivity contribution in [2.45, 2.75) is 25.9 Å². The summed E-state index contributed by atoms with van der Waals surface area (Å²) in [5, 5.41) is 15.9. The zero-order valence-electron chi connectivity index (χ0n) is 19.5. The van der Waals surface area contributed by atoms with E-state index in [1.165, 1.54) is 13.2 Å². The predicted octanol–water partition coefficient (Wildman–Crippen LogP) is 4.02. The average Bonchev–Trinajstić information content (AvgIpc) is 3.32. The van der Waals surface area contributed by atoms with E-state index in [4.69, 9.17) is 21.7 Å². The second kappa shape index (κ2) is 9.78. The van der Waals surface area contributed by atoms with E-state index in [0.29, 0.717) is 29.7 Å². The molecule has 0 spiro atoms. The maximum Gasteiger partial charge on any atom is 0.296 e. The fourth-order valence-corrected chi connectivity index (χ4v) is 4.93. The van der Waals surface area contributed by atoms with Crippen LogP contribution in [0.1, 0.15) is 34.7 Å². The van der Waals surface area contributed by atoms with Crippen LogP contribution in [-0.4, -0.2) is 51.9 Å². The van der Waals surface area contributed by atoms with Crippen LogP contribution in [0.5, 0.6) is 5.75 Å². The number of methoxy groups -OCH3 is 2. The van der Waals surface area contributed by atoms with Crippen LogP contribution < -0.4 is 10.1 Å². The standard InChI is InChI=1S/C24H27N5O4S/c1-15-13-18(16(2)28(15)20-9-8-17(33-4)14-21(20)29(30)31)23-22(19-7-5-6-10-25-19)26-24(34)27(23)11-12-32-3/h5-10,13-14,22-23H,11-12H2,1-4H3,(H,26,34). The molecule has 4 rings (SSSR count). The lowest BCUT2D eigenvalue weighted by Crippen LogP contribution is -2.32. The summed E-state index contributed by atoms with van der Waals surface area (Å²) in [6.45, 7) is 5.03. The Labute approximate surface area is 203 Å². The smallest absolute Gasteiger partial charge is 0.296 e. The van der Waals surface area contributed by atoms with E-state index < -0.39 is 0 Å². The number of thiocarbonyl (C=S) groups is 1. The van der Waals surface area contributed by atoms with Crippen LogP contribution in [0, 0.1) is 24.0 Å². The highest BCUT2D eigenvalue weighted by Crippen LogP contribution is 2.42. The van der Waals surface area contributed by atoms with Crippen LogP contribution in [0.15, 0.2) is 48.7 Å². The van der Waals surface area contributed by atoms with E-state index in [9.17, 15) is 10.1 Å². The van der Waals surface area contributed by atoms with Crippen LogP contribution in [0.3, 0.4) is 0 Å². The predicted molar refractivity (Wildman–Crippen MR) is 132 cm³/mol. The largest absolute Gasteiger partial charge is 0.496 e.